The monoisotopic (exact) mass is 357 g/mol. The second-order valence-electron chi connectivity index (χ2n) is 8.31. The molecular formula is C22H35N3O. The van der Waals surface area contributed by atoms with E-state index in [1.165, 1.54) is 49.9 Å². The van der Waals surface area contributed by atoms with Gasteiger partial charge in [0.15, 0.2) is 0 Å². The Kier molecular flexibility index (Phi) is 7.51. The minimum Gasteiger partial charge on any atom is -0.352 e. The van der Waals surface area contributed by atoms with Gasteiger partial charge >= 0.3 is 0 Å². The summed E-state index contributed by atoms with van der Waals surface area (Å²) in [5.41, 5.74) is 2.57. The van der Waals surface area contributed by atoms with E-state index in [-0.39, 0.29) is 5.91 Å². The van der Waals surface area contributed by atoms with Gasteiger partial charge in [-0.3, -0.25) is 9.69 Å². The fourth-order valence-electron chi connectivity index (χ4n) is 4.25. The van der Waals surface area contributed by atoms with Crippen LogP contribution in [0.15, 0.2) is 24.3 Å². The Morgan fingerprint density at radius 2 is 1.88 bits per heavy atom. The molecule has 0 radical (unpaired) electrons. The molecule has 26 heavy (non-hydrogen) atoms. The second kappa shape index (κ2) is 10.1. The predicted octanol–water partition coefficient (Wildman–Crippen LogP) is 3.31. The Hall–Kier alpha value is -1.39. The van der Waals surface area contributed by atoms with Gasteiger partial charge in [0.25, 0.3) is 0 Å². The lowest BCUT2D eigenvalue weighted by Crippen LogP contribution is -2.33. The van der Waals surface area contributed by atoms with E-state index in [1.807, 2.05) is 0 Å². The van der Waals surface area contributed by atoms with Crippen molar-refractivity contribution in [2.45, 2.75) is 58.5 Å². The quantitative estimate of drug-likeness (QED) is 0.787. The highest BCUT2D eigenvalue weighted by atomic mass is 16.1. The first-order valence-electron chi connectivity index (χ1n) is 10.5. The minimum absolute atomic E-state index is 0.190. The van der Waals surface area contributed by atoms with Crippen LogP contribution in [0.4, 0.5) is 0 Å². The fourth-order valence-corrected chi connectivity index (χ4v) is 4.25. The Morgan fingerprint density at radius 1 is 1.15 bits per heavy atom. The van der Waals surface area contributed by atoms with Crippen LogP contribution in [0, 0.1) is 11.8 Å². The van der Waals surface area contributed by atoms with E-state index < -0.39 is 0 Å². The summed E-state index contributed by atoms with van der Waals surface area (Å²) in [5.74, 6) is 1.73. The van der Waals surface area contributed by atoms with Crippen LogP contribution in [0.2, 0.25) is 0 Å². The molecule has 0 aliphatic carbocycles. The van der Waals surface area contributed by atoms with Crippen LogP contribution < -0.4 is 10.6 Å². The summed E-state index contributed by atoms with van der Waals surface area (Å²) in [6.45, 7) is 8.69. The molecule has 0 spiro atoms. The second-order valence-corrected chi connectivity index (χ2v) is 8.31. The minimum atomic E-state index is 0.190. The number of nitrogens with zero attached hydrogens (tertiary/aromatic N) is 1. The van der Waals surface area contributed by atoms with Crippen LogP contribution in [-0.4, -0.2) is 37.0 Å². The third kappa shape index (κ3) is 6.40. The van der Waals surface area contributed by atoms with Gasteiger partial charge in [-0.25, -0.2) is 0 Å². The summed E-state index contributed by atoms with van der Waals surface area (Å²) in [5, 5.41) is 6.46. The standard InChI is InChI=1S/C22H35N3O/c1-18-3-2-14-25(16-18)17-21-6-4-20(5-7-21)15-24-22(26)9-8-19-10-12-23-13-11-19/h4-7,18-19,23H,2-3,8-17H2,1H3,(H,24,26). The average Bonchev–Trinajstić information content (AvgIpc) is 2.67. The summed E-state index contributed by atoms with van der Waals surface area (Å²) < 4.78 is 0. The molecule has 0 bridgehead atoms. The highest BCUT2D eigenvalue weighted by Crippen LogP contribution is 2.19. The molecule has 2 aliphatic rings. The van der Waals surface area contributed by atoms with Gasteiger partial charge in [-0.2, -0.15) is 0 Å². The molecule has 2 N–H and O–H groups in total. The zero-order valence-corrected chi connectivity index (χ0v) is 16.3. The van der Waals surface area contributed by atoms with E-state index in [4.69, 9.17) is 0 Å². The van der Waals surface area contributed by atoms with Gasteiger partial charge in [0.2, 0.25) is 5.91 Å². The molecule has 2 saturated heterocycles. The van der Waals surface area contributed by atoms with Crippen LogP contribution in [0.1, 0.15) is 56.6 Å². The van der Waals surface area contributed by atoms with E-state index in [2.05, 4.69) is 46.7 Å². The van der Waals surface area contributed by atoms with Crippen molar-refractivity contribution in [3.05, 3.63) is 35.4 Å². The van der Waals surface area contributed by atoms with Gasteiger partial charge in [0.05, 0.1) is 0 Å². The number of benzene rings is 1. The molecule has 1 amide bonds. The number of piperidine rings is 2. The smallest absolute Gasteiger partial charge is 0.220 e. The van der Waals surface area contributed by atoms with E-state index in [1.54, 1.807) is 0 Å². The first kappa shape index (κ1) is 19.4. The van der Waals surface area contributed by atoms with Gasteiger partial charge in [-0.05, 0) is 74.7 Å². The fraction of sp³-hybridized carbons (Fsp3) is 0.682. The maximum absolute atomic E-state index is 12.1. The molecule has 0 aromatic heterocycles. The van der Waals surface area contributed by atoms with E-state index in [0.29, 0.717) is 13.0 Å². The SMILES string of the molecule is CC1CCCN(Cc2ccc(CNC(=O)CCC3CCNCC3)cc2)C1. The maximum Gasteiger partial charge on any atom is 0.220 e. The first-order chi connectivity index (χ1) is 12.7. The molecule has 144 valence electrons. The molecule has 2 aliphatic heterocycles. The maximum atomic E-state index is 12.1. The van der Waals surface area contributed by atoms with E-state index >= 15 is 0 Å². The van der Waals surface area contributed by atoms with Crippen LogP contribution >= 0.6 is 0 Å². The number of rotatable bonds is 7. The highest BCUT2D eigenvalue weighted by Gasteiger charge is 2.16. The lowest BCUT2D eigenvalue weighted by Gasteiger charge is -2.30. The molecule has 0 saturated carbocycles. The summed E-state index contributed by atoms with van der Waals surface area (Å²) >= 11 is 0. The zero-order chi connectivity index (χ0) is 18.2. The number of nitrogens with one attached hydrogen (secondary N) is 2. The summed E-state index contributed by atoms with van der Waals surface area (Å²) in [7, 11) is 0. The zero-order valence-electron chi connectivity index (χ0n) is 16.3. The van der Waals surface area contributed by atoms with Crippen molar-refractivity contribution >= 4 is 5.91 Å². The Morgan fingerprint density at radius 3 is 2.62 bits per heavy atom. The third-order valence-corrected chi connectivity index (χ3v) is 5.90. The molecular weight excluding hydrogens is 322 g/mol. The van der Waals surface area contributed by atoms with Crippen molar-refractivity contribution in [3.63, 3.8) is 0 Å². The van der Waals surface area contributed by atoms with E-state index in [0.717, 1.165) is 37.9 Å². The number of carbonyl (C=O) groups is 1. The summed E-state index contributed by atoms with van der Waals surface area (Å²) in [6, 6.07) is 8.76. The van der Waals surface area contributed by atoms with Gasteiger partial charge in [0, 0.05) is 26.1 Å². The highest BCUT2D eigenvalue weighted by molar-refractivity contribution is 5.75. The van der Waals surface area contributed by atoms with Crippen LogP contribution in [0.3, 0.4) is 0 Å². The first-order valence-corrected chi connectivity index (χ1v) is 10.5. The molecule has 1 unspecified atom stereocenters. The molecule has 4 nitrogen and oxygen atoms in total. The Labute approximate surface area is 158 Å². The topological polar surface area (TPSA) is 44.4 Å². The van der Waals surface area contributed by atoms with Gasteiger partial charge in [-0.15, -0.1) is 0 Å². The van der Waals surface area contributed by atoms with Crippen molar-refractivity contribution in [1.29, 1.82) is 0 Å². The van der Waals surface area contributed by atoms with Gasteiger partial charge in [0.1, 0.15) is 0 Å². The normalized spacial score (nSPS) is 22.3. The predicted molar refractivity (Wildman–Crippen MR) is 107 cm³/mol. The number of likely N-dealkylation sites (tertiary alicyclic amines) is 1. The average molecular weight is 358 g/mol. The molecule has 4 heteroatoms. The number of hydrogen-bond acceptors (Lipinski definition) is 3. The van der Waals surface area contributed by atoms with E-state index in [9.17, 15) is 4.79 Å². The van der Waals surface area contributed by atoms with Gasteiger partial charge < -0.3 is 10.6 Å². The number of amides is 1. The lowest BCUT2D eigenvalue weighted by atomic mass is 9.93. The molecule has 3 rings (SSSR count). The summed E-state index contributed by atoms with van der Waals surface area (Å²) in [4.78, 5) is 14.6. The van der Waals surface area contributed by atoms with Crippen molar-refractivity contribution in [2.24, 2.45) is 11.8 Å². The van der Waals surface area contributed by atoms with Crippen LogP contribution in [-0.2, 0) is 17.9 Å². The molecule has 1 aromatic carbocycles. The lowest BCUT2D eigenvalue weighted by molar-refractivity contribution is -0.121. The van der Waals surface area contributed by atoms with Crippen molar-refractivity contribution in [2.75, 3.05) is 26.2 Å². The molecule has 1 atom stereocenters. The van der Waals surface area contributed by atoms with Crippen LogP contribution in [0.5, 0.6) is 0 Å². The largest absolute Gasteiger partial charge is 0.352 e. The summed E-state index contributed by atoms with van der Waals surface area (Å²) in [6.07, 6.45) is 6.81. The Bertz CT molecular complexity index is 551. The molecule has 2 fully saturated rings. The third-order valence-electron chi connectivity index (χ3n) is 5.90. The van der Waals surface area contributed by atoms with Gasteiger partial charge in [-0.1, -0.05) is 31.2 Å². The van der Waals surface area contributed by atoms with Crippen molar-refractivity contribution < 1.29 is 4.79 Å². The molecule has 2 heterocycles. The molecule has 1 aromatic rings. The van der Waals surface area contributed by atoms with Crippen molar-refractivity contribution in [1.82, 2.24) is 15.5 Å². The number of carbonyl (C=O) groups excluding carboxylic acids is 1. The Balaban J connectivity index is 1.36. The van der Waals surface area contributed by atoms with Crippen molar-refractivity contribution in [3.8, 4) is 0 Å². The number of hydrogen-bond donors (Lipinski definition) is 2. The van der Waals surface area contributed by atoms with Crippen LogP contribution in [0.25, 0.3) is 0 Å².